The second-order valence-electron chi connectivity index (χ2n) is 11.1. The third kappa shape index (κ3) is 5.89. The number of H-pyrrole nitrogens is 1. The van der Waals surface area contributed by atoms with Crippen molar-refractivity contribution in [3.05, 3.63) is 114 Å². The lowest BCUT2D eigenvalue weighted by molar-refractivity contribution is -0.115. The van der Waals surface area contributed by atoms with E-state index in [1.807, 2.05) is 51.1 Å². The summed E-state index contributed by atoms with van der Waals surface area (Å²) in [5.41, 5.74) is 4.75. The summed E-state index contributed by atoms with van der Waals surface area (Å²) in [5, 5.41) is 5.77. The van der Waals surface area contributed by atoms with E-state index in [1.165, 1.54) is 0 Å². The van der Waals surface area contributed by atoms with Crippen LogP contribution in [0.25, 0.3) is 11.0 Å². The first-order valence-electron chi connectivity index (χ1n) is 13.7. The third-order valence-corrected chi connectivity index (χ3v) is 6.73. The molecule has 0 radical (unpaired) electrons. The Morgan fingerprint density at radius 1 is 0.953 bits per heavy atom. The number of aromatic nitrogens is 3. The number of para-hydroxylation sites is 2. The van der Waals surface area contributed by atoms with E-state index in [9.17, 15) is 14.4 Å². The number of nitrogens with zero attached hydrogens (tertiary/aromatic N) is 3. The number of anilines is 2. The number of rotatable bonds is 6. The Morgan fingerprint density at radius 2 is 1.74 bits per heavy atom. The maximum absolute atomic E-state index is 13.4. The molecule has 10 heteroatoms. The number of fused-ring (bicyclic) bond motifs is 2. The lowest BCUT2D eigenvalue weighted by Crippen LogP contribution is -2.23. The Hall–Kier alpha value is -5.64. The van der Waals surface area contributed by atoms with Gasteiger partial charge in [-0.05, 0) is 80.9 Å². The quantitative estimate of drug-likeness (QED) is 0.168. The van der Waals surface area contributed by atoms with Gasteiger partial charge < -0.3 is 20.4 Å². The van der Waals surface area contributed by atoms with Gasteiger partial charge >= 0.3 is 5.97 Å². The van der Waals surface area contributed by atoms with Crippen molar-refractivity contribution in [2.24, 2.45) is 4.99 Å². The van der Waals surface area contributed by atoms with Gasteiger partial charge in [-0.15, -0.1) is 0 Å². The number of ether oxygens (including phenoxy) is 1. The van der Waals surface area contributed by atoms with Crippen molar-refractivity contribution in [2.45, 2.75) is 32.3 Å². The van der Waals surface area contributed by atoms with Crippen LogP contribution < -0.4 is 10.6 Å². The van der Waals surface area contributed by atoms with Crippen LogP contribution in [0.5, 0.6) is 0 Å². The van der Waals surface area contributed by atoms with E-state index in [-0.39, 0.29) is 11.7 Å². The van der Waals surface area contributed by atoms with Gasteiger partial charge in [-0.1, -0.05) is 24.3 Å². The summed E-state index contributed by atoms with van der Waals surface area (Å²) < 4.78 is 5.45. The zero-order valence-corrected chi connectivity index (χ0v) is 23.7. The van der Waals surface area contributed by atoms with Crippen molar-refractivity contribution in [3.63, 3.8) is 0 Å². The minimum Gasteiger partial charge on any atom is -0.456 e. The monoisotopic (exact) mass is 572 g/mol. The summed E-state index contributed by atoms with van der Waals surface area (Å²) in [6.07, 6.45) is 3.30. The number of carbonyl (C=O) groups is 3. The fourth-order valence-corrected chi connectivity index (χ4v) is 4.82. The Bertz CT molecular complexity index is 1860. The molecule has 2 aromatic heterocycles. The Labute approximate surface area is 247 Å². The number of imidazole rings is 1. The molecule has 10 nitrogen and oxygen atoms in total. The molecule has 6 rings (SSSR count). The topological polar surface area (TPSA) is 138 Å². The van der Waals surface area contributed by atoms with Gasteiger partial charge in [0.25, 0.3) is 5.91 Å². The van der Waals surface area contributed by atoms with Crippen LogP contribution in [0.1, 0.15) is 58.8 Å². The molecule has 214 valence electrons. The van der Waals surface area contributed by atoms with Crippen LogP contribution in [0, 0.1) is 0 Å². The number of amides is 2. The van der Waals surface area contributed by atoms with Crippen LogP contribution in [0.2, 0.25) is 0 Å². The molecule has 0 saturated carbocycles. The third-order valence-electron chi connectivity index (χ3n) is 6.73. The van der Waals surface area contributed by atoms with E-state index in [4.69, 9.17) is 9.73 Å². The van der Waals surface area contributed by atoms with Crippen LogP contribution >= 0.6 is 0 Å². The largest absolute Gasteiger partial charge is 0.456 e. The molecular formula is C33H28N6O4. The summed E-state index contributed by atoms with van der Waals surface area (Å²) in [6, 6.07) is 23.0. The number of hydrogen-bond donors (Lipinski definition) is 3. The van der Waals surface area contributed by atoms with Crippen LogP contribution in [0.4, 0.5) is 17.1 Å². The molecule has 43 heavy (non-hydrogen) atoms. The van der Waals surface area contributed by atoms with Crippen LogP contribution in [-0.2, 0) is 9.53 Å². The van der Waals surface area contributed by atoms with Gasteiger partial charge in [0.15, 0.2) is 5.82 Å². The van der Waals surface area contributed by atoms with E-state index in [2.05, 4.69) is 25.6 Å². The van der Waals surface area contributed by atoms with Crippen LogP contribution in [0.3, 0.4) is 0 Å². The summed E-state index contributed by atoms with van der Waals surface area (Å²) in [5.74, 6) is -1.63. The van der Waals surface area contributed by atoms with Crippen molar-refractivity contribution in [2.75, 3.05) is 10.6 Å². The average molecular weight is 573 g/mol. The van der Waals surface area contributed by atoms with Crippen molar-refractivity contribution >= 4 is 51.6 Å². The smallest absolute Gasteiger partial charge is 0.338 e. The SMILES string of the molecule is CC(C)(C)OC(=O)c1ccc(N=C(c2cccnc2)C2C(=O)Nc3cc(NC(=O)c4nc5ccccc5[nH]4)ccc32)cc1. The maximum Gasteiger partial charge on any atom is 0.338 e. The van der Waals surface area contributed by atoms with Crippen molar-refractivity contribution in [1.82, 2.24) is 15.0 Å². The molecule has 1 aliphatic heterocycles. The standard InChI is InChI=1S/C33H28N6O4/c1-33(2,3)43-32(42)19-10-12-21(13-11-19)35-28(20-7-6-16-34-18-20)27-23-15-14-22(17-26(23)39-30(27)40)36-31(41)29-37-24-8-4-5-9-25(24)38-29/h4-18,27H,1-3H3,(H,36,41)(H,37,38)(H,39,40). The summed E-state index contributed by atoms with van der Waals surface area (Å²) in [4.78, 5) is 55.2. The summed E-state index contributed by atoms with van der Waals surface area (Å²) in [7, 11) is 0. The molecule has 1 aliphatic rings. The van der Waals surface area contributed by atoms with E-state index < -0.39 is 23.4 Å². The minimum atomic E-state index is -0.732. The van der Waals surface area contributed by atoms with E-state index >= 15 is 0 Å². The number of benzene rings is 3. The highest BCUT2D eigenvalue weighted by Crippen LogP contribution is 2.38. The number of aromatic amines is 1. The predicted molar refractivity (Wildman–Crippen MR) is 164 cm³/mol. The zero-order valence-electron chi connectivity index (χ0n) is 23.7. The first-order chi connectivity index (χ1) is 20.6. The van der Waals surface area contributed by atoms with Gasteiger partial charge in [0.2, 0.25) is 5.91 Å². The second-order valence-corrected chi connectivity index (χ2v) is 11.1. The molecule has 3 aromatic carbocycles. The van der Waals surface area contributed by atoms with Gasteiger partial charge in [-0.25, -0.2) is 9.78 Å². The van der Waals surface area contributed by atoms with Crippen molar-refractivity contribution in [3.8, 4) is 0 Å². The number of hydrogen-bond acceptors (Lipinski definition) is 7. The van der Waals surface area contributed by atoms with Gasteiger partial charge in [-0.3, -0.25) is 19.6 Å². The Morgan fingerprint density at radius 3 is 2.47 bits per heavy atom. The maximum atomic E-state index is 13.4. The molecule has 0 aliphatic carbocycles. The predicted octanol–water partition coefficient (Wildman–Crippen LogP) is 6.02. The van der Waals surface area contributed by atoms with Crippen LogP contribution in [-0.4, -0.2) is 44.0 Å². The highest BCUT2D eigenvalue weighted by molar-refractivity contribution is 6.24. The molecule has 5 aromatic rings. The fourth-order valence-electron chi connectivity index (χ4n) is 4.82. The number of pyridine rings is 1. The molecule has 0 saturated heterocycles. The molecule has 1 unspecified atom stereocenters. The first-order valence-corrected chi connectivity index (χ1v) is 13.7. The lowest BCUT2D eigenvalue weighted by atomic mass is 9.91. The molecule has 0 fully saturated rings. The van der Waals surface area contributed by atoms with Crippen LogP contribution in [0.15, 0.2) is 96.2 Å². The van der Waals surface area contributed by atoms with E-state index in [0.29, 0.717) is 45.0 Å². The number of esters is 1. The Kier molecular flexibility index (Phi) is 7.03. The van der Waals surface area contributed by atoms with Gasteiger partial charge in [-0.2, -0.15) is 0 Å². The molecule has 0 spiro atoms. The normalized spacial score (nSPS) is 14.7. The highest BCUT2D eigenvalue weighted by atomic mass is 16.6. The average Bonchev–Trinajstić information content (AvgIpc) is 3.56. The minimum absolute atomic E-state index is 0.187. The van der Waals surface area contributed by atoms with E-state index in [1.54, 1.807) is 60.9 Å². The summed E-state index contributed by atoms with van der Waals surface area (Å²) in [6.45, 7) is 5.43. The van der Waals surface area contributed by atoms with Gasteiger partial charge in [0.05, 0.1) is 28.0 Å². The molecule has 2 amide bonds. The van der Waals surface area contributed by atoms with Crippen molar-refractivity contribution in [1.29, 1.82) is 0 Å². The first kappa shape index (κ1) is 27.5. The highest BCUT2D eigenvalue weighted by Gasteiger charge is 2.36. The van der Waals surface area contributed by atoms with E-state index in [0.717, 1.165) is 5.52 Å². The second kappa shape index (κ2) is 11.0. The molecule has 0 bridgehead atoms. The molecule has 3 heterocycles. The fraction of sp³-hybridized carbons (Fsp3) is 0.152. The molecule has 3 N–H and O–H groups in total. The molecule has 1 atom stereocenters. The summed E-state index contributed by atoms with van der Waals surface area (Å²) >= 11 is 0. The van der Waals surface area contributed by atoms with Gasteiger partial charge in [0, 0.05) is 29.3 Å². The number of carbonyl (C=O) groups excluding carboxylic acids is 3. The number of aliphatic imine (C=N–C) groups is 1. The zero-order chi connectivity index (χ0) is 30.1. The van der Waals surface area contributed by atoms with Gasteiger partial charge in [0.1, 0.15) is 11.5 Å². The van der Waals surface area contributed by atoms with Crippen molar-refractivity contribution < 1.29 is 19.1 Å². The molecular weight excluding hydrogens is 544 g/mol. The number of nitrogens with one attached hydrogen (secondary N) is 3. The Balaban J connectivity index is 1.29. The lowest BCUT2D eigenvalue weighted by Gasteiger charge is -2.19.